The molecule has 5 heteroatoms. The molecule has 2 bridgehead atoms. The van der Waals surface area contributed by atoms with E-state index in [0.717, 1.165) is 25.3 Å². The van der Waals surface area contributed by atoms with Crippen LogP contribution in [0.5, 0.6) is 5.75 Å². The molecule has 0 aromatic heterocycles. The zero-order valence-corrected chi connectivity index (χ0v) is 16.9. The largest absolute Gasteiger partial charge is 0.632 e. The summed E-state index contributed by atoms with van der Waals surface area (Å²) in [5.41, 5.74) is 1.43. The van der Waals surface area contributed by atoms with Gasteiger partial charge in [0.05, 0.1) is 25.1 Å². The van der Waals surface area contributed by atoms with Crippen LogP contribution in [0.3, 0.4) is 0 Å². The van der Waals surface area contributed by atoms with Gasteiger partial charge >= 0.3 is 0 Å². The molecule has 5 nitrogen and oxygen atoms in total. The van der Waals surface area contributed by atoms with E-state index >= 15 is 0 Å². The molecule has 5 atom stereocenters. The van der Waals surface area contributed by atoms with Crippen molar-refractivity contribution in [2.75, 3.05) is 19.7 Å². The number of Topliss-reactive ketones (excluding diaryl/α,β-unsaturated/α-hetero) is 1. The Morgan fingerprint density at radius 3 is 2.79 bits per heavy atom. The molecular weight excluding hydrogens is 366 g/mol. The average Bonchev–Trinajstić information content (AvgIpc) is 3.63. The molecule has 6 aliphatic rings. The summed E-state index contributed by atoms with van der Waals surface area (Å²) in [5, 5.41) is 14.4. The Labute approximate surface area is 171 Å². The molecule has 154 valence electrons. The van der Waals surface area contributed by atoms with Crippen molar-refractivity contribution < 1.29 is 18.9 Å². The van der Waals surface area contributed by atoms with Crippen LogP contribution in [0.4, 0.5) is 0 Å². The molecule has 3 saturated carbocycles. The van der Waals surface area contributed by atoms with Gasteiger partial charge in [-0.15, -0.1) is 0 Å². The van der Waals surface area contributed by atoms with Crippen molar-refractivity contribution in [3.8, 4) is 5.75 Å². The molecule has 1 spiro atoms. The molecule has 1 saturated heterocycles. The third-order valence-corrected chi connectivity index (χ3v) is 8.98. The molecule has 1 aromatic carbocycles. The maximum Gasteiger partial charge on any atom is 0.174 e. The van der Waals surface area contributed by atoms with Gasteiger partial charge < -0.3 is 19.3 Å². The molecule has 7 rings (SSSR count). The molecular formula is C24H29NO4. The van der Waals surface area contributed by atoms with E-state index in [1.54, 1.807) is 0 Å². The highest BCUT2D eigenvalue weighted by atomic mass is 16.6. The van der Waals surface area contributed by atoms with Crippen molar-refractivity contribution in [1.29, 1.82) is 0 Å². The minimum atomic E-state index is -0.553. The van der Waals surface area contributed by atoms with Crippen LogP contribution in [-0.2, 0) is 21.4 Å². The Balaban J connectivity index is 1.44. The number of rotatable bonds is 5. The fourth-order valence-corrected chi connectivity index (χ4v) is 7.32. The molecule has 2 heterocycles. The first kappa shape index (κ1) is 17.3. The Morgan fingerprint density at radius 1 is 1.17 bits per heavy atom. The predicted molar refractivity (Wildman–Crippen MR) is 106 cm³/mol. The van der Waals surface area contributed by atoms with Crippen molar-refractivity contribution in [3.05, 3.63) is 34.5 Å². The Bertz CT molecular complexity index is 908. The van der Waals surface area contributed by atoms with E-state index in [9.17, 15) is 10.0 Å². The fraction of sp³-hybridized carbons (Fsp3) is 0.708. The lowest BCUT2D eigenvalue weighted by atomic mass is 9.48. The number of carbonyl (C=O) groups is 1. The maximum atomic E-state index is 14.4. The Morgan fingerprint density at radius 2 is 2.00 bits per heavy atom. The van der Waals surface area contributed by atoms with Crippen molar-refractivity contribution in [2.24, 2.45) is 11.8 Å². The predicted octanol–water partition coefficient (Wildman–Crippen LogP) is 3.27. The second-order valence-electron chi connectivity index (χ2n) is 10.6. The van der Waals surface area contributed by atoms with Crippen LogP contribution in [0.1, 0.15) is 56.1 Å². The van der Waals surface area contributed by atoms with Crippen LogP contribution in [0, 0.1) is 17.0 Å². The first-order valence-corrected chi connectivity index (χ1v) is 11.6. The second kappa shape index (κ2) is 5.43. The molecule has 4 aliphatic carbocycles. The third kappa shape index (κ3) is 2.09. The van der Waals surface area contributed by atoms with Gasteiger partial charge in [-0.25, -0.2) is 0 Å². The number of hydroxylamine groups is 3. The van der Waals surface area contributed by atoms with Gasteiger partial charge in [-0.3, -0.25) is 4.79 Å². The third-order valence-electron chi connectivity index (χ3n) is 8.98. The van der Waals surface area contributed by atoms with E-state index in [-0.39, 0.29) is 16.5 Å². The smallest absolute Gasteiger partial charge is 0.174 e. The highest BCUT2D eigenvalue weighted by molar-refractivity contribution is 5.89. The number of ether oxygens (including phenoxy) is 2. The van der Waals surface area contributed by atoms with E-state index in [1.807, 2.05) is 12.1 Å². The highest BCUT2D eigenvalue weighted by Crippen LogP contribution is 2.66. The van der Waals surface area contributed by atoms with Gasteiger partial charge in [-0.2, -0.15) is 0 Å². The minimum absolute atomic E-state index is 0.115. The van der Waals surface area contributed by atoms with Gasteiger partial charge in [-0.1, -0.05) is 12.1 Å². The van der Waals surface area contributed by atoms with Crippen molar-refractivity contribution in [2.45, 2.75) is 74.5 Å². The zero-order chi connectivity index (χ0) is 19.4. The van der Waals surface area contributed by atoms with Gasteiger partial charge in [0.2, 0.25) is 0 Å². The number of quaternary nitrogens is 1. The van der Waals surface area contributed by atoms with E-state index in [0.29, 0.717) is 37.6 Å². The quantitative estimate of drug-likeness (QED) is 0.567. The number of nitrogens with zero attached hydrogens (tertiary/aromatic N) is 1. The van der Waals surface area contributed by atoms with E-state index in [4.69, 9.17) is 9.47 Å². The lowest BCUT2D eigenvalue weighted by Crippen LogP contribution is -2.81. The molecule has 1 aromatic rings. The van der Waals surface area contributed by atoms with Gasteiger partial charge in [0.15, 0.2) is 11.9 Å². The van der Waals surface area contributed by atoms with Crippen molar-refractivity contribution in [3.63, 3.8) is 0 Å². The lowest BCUT2D eigenvalue weighted by Gasteiger charge is -2.68. The Kier molecular flexibility index (Phi) is 3.23. The summed E-state index contributed by atoms with van der Waals surface area (Å²) in [4.78, 5) is 13.1. The van der Waals surface area contributed by atoms with Crippen LogP contribution < -0.4 is 4.74 Å². The summed E-state index contributed by atoms with van der Waals surface area (Å²) in [7, 11) is 0. The second-order valence-corrected chi connectivity index (χ2v) is 10.6. The molecule has 2 aliphatic heterocycles. The molecule has 0 radical (unpaired) electrons. The first-order chi connectivity index (χ1) is 14.1. The van der Waals surface area contributed by atoms with Crippen LogP contribution >= 0.6 is 0 Å². The summed E-state index contributed by atoms with van der Waals surface area (Å²) in [6.45, 7) is 2.06. The van der Waals surface area contributed by atoms with Gasteiger partial charge in [0, 0.05) is 30.7 Å². The van der Waals surface area contributed by atoms with Gasteiger partial charge in [0.1, 0.15) is 17.4 Å². The summed E-state index contributed by atoms with van der Waals surface area (Å²) in [6.07, 6.45) is 7.01. The topological polar surface area (TPSA) is 58.6 Å². The number of piperidine rings is 1. The number of hydrogen-bond donors (Lipinski definition) is 0. The lowest BCUT2D eigenvalue weighted by molar-refractivity contribution is -0.924. The average molecular weight is 395 g/mol. The molecule has 0 amide bonds. The van der Waals surface area contributed by atoms with Gasteiger partial charge in [0.25, 0.3) is 0 Å². The molecule has 29 heavy (non-hydrogen) atoms. The number of hydrogen-bond acceptors (Lipinski definition) is 4. The number of ketones is 1. The number of likely N-dealkylation sites (tertiary alicyclic amines) is 1. The summed E-state index contributed by atoms with van der Waals surface area (Å²) >= 11 is 0. The molecule has 1 unspecified atom stereocenters. The summed E-state index contributed by atoms with van der Waals surface area (Å²) in [6, 6.07) is 6.09. The fourth-order valence-electron chi connectivity index (χ4n) is 7.32. The van der Waals surface area contributed by atoms with Crippen molar-refractivity contribution in [1.82, 2.24) is 0 Å². The maximum absolute atomic E-state index is 14.4. The highest BCUT2D eigenvalue weighted by Gasteiger charge is 2.77. The van der Waals surface area contributed by atoms with E-state index in [2.05, 4.69) is 6.07 Å². The van der Waals surface area contributed by atoms with E-state index in [1.165, 1.54) is 36.8 Å². The minimum Gasteiger partial charge on any atom is -0.632 e. The molecule has 4 fully saturated rings. The standard InChI is InChI=1S/C24H29NO4/c26-18-8-9-24(28-14-16-6-7-16)20-12-17-2-1-3-19-21(17)23(24,22(18)29-19)10-11-25(20,27)13-15-4-5-15/h1-3,15-16,20,22H,4-14H2/t20-,22+,23+,24-,25?/m1/s1. The van der Waals surface area contributed by atoms with Crippen LogP contribution in [0.15, 0.2) is 18.2 Å². The first-order valence-electron chi connectivity index (χ1n) is 11.6. The zero-order valence-electron chi connectivity index (χ0n) is 16.9. The number of benzene rings is 1. The monoisotopic (exact) mass is 395 g/mol. The van der Waals surface area contributed by atoms with Gasteiger partial charge in [-0.05, 0) is 49.7 Å². The van der Waals surface area contributed by atoms with Crippen LogP contribution in [0.25, 0.3) is 0 Å². The summed E-state index contributed by atoms with van der Waals surface area (Å²) in [5.74, 6) is 2.28. The van der Waals surface area contributed by atoms with Crippen molar-refractivity contribution >= 4 is 5.78 Å². The van der Waals surface area contributed by atoms with E-state index < -0.39 is 17.1 Å². The number of carbonyl (C=O) groups excluding carboxylic acids is 1. The van der Waals surface area contributed by atoms with Crippen LogP contribution in [-0.4, -0.2) is 47.9 Å². The Hall–Kier alpha value is -1.43. The van der Waals surface area contributed by atoms with Crippen LogP contribution in [0.2, 0.25) is 0 Å². The molecule has 0 N–H and O–H groups in total. The SMILES string of the molecule is O=C1CC[C@@]2(OCC3CC3)[C@H]3Cc4cccc5c4[C@@]2(CC[N+]3([O-])CC2CC2)[C@H]1O5. The summed E-state index contributed by atoms with van der Waals surface area (Å²) < 4.78 is 13.2. The normalized spacial score (nSPS) is 44.4.